The maximum absolute atomic E-state index is 12.6. The van der Waals surface area contributed by atoms with Crippen molar-refractivity contribution in [3.63, 3.8) is 0 Å². The molecule has 0 radical (unpaired) electrons. The van der Waals surface area contributed by atoms with Gasteiger partial charge < -0.3 is 10.0 Å². The predicted octanol–water partition coefficient (Wildman–Crippen LogP) is 4.95. The Kier molecular flexibility index (Phi) is 7.47. The van der Waals surface area contributed by atoms with E-state index in [-0.39, 0.29) is 23.3 Å². The normalized spacial score (nSPS) is 15.5. The van der Waals surface area contributed by atoms with E-state index in [0.717, 1.165) is 28.7 Å². The number of hydrogen-bond donors (Lipinski definition) is 3. The summed E-state index contributed by atoms with van der Waals surface area (Å²) < 4.78 is 0. The first-order chi connectivity index (χ1) is 17.4. The van der Waals surface area contributed by atoms with Gasteiger partial charge in [-0.05, 0) is 87.1 Å². The van der Waals surface area contributed by atoms with Crippen molar-refractivity contribution < 1.29 is 19.7 Å². The van der Waals surface area contributed by atoms with Crippen LogP contribution in [0.25, 0.3) is 5.57 Å². The van der Waals surface area contributed by atoms with E-state index in [0.29, 0.717) is 11.0 Å². The number of carbonyl (C=O) groups excluding carboxylic acids is 1. The molecule has 1 aliphatic rings. The first kappa shape index (κ1) is 26.9. The van der Waals surface area contributed by atoms with E-state index in [4.69, 9.17) is 14.9 Å². The summed E-state index contributed by atoms with van der Waals surface area (Å²) in [5.41, 5.74) is 11.5. The molecule has 3 aromatic carbocycles. The molecule has 3 N–H and O–H groups in total. The van der Waals surface area contributed by atoms with Crippen molar-refractivity contribution in [3.05, 3.63) is 106 Å². The van der Waals surface area contributed by atoms with Crippen molar-refractivity contribution in [2.24, 2.45) is 0 Å². The molecule has 0 atom stereocenters. The minimum atomic E-state index is -1.51. The van der Waals surface area contributed by atoms with Crippen LogP contribution in [0.5, 0.6) is 0 Å². The smallest absolute Gasteiger partial charge is 0.423 e. The largest absolute Gasteiger partial charge is 0.488 e. The standard InChI is InChI=1S/C31H36BNO4/c1-20-17-27-28(31(5,6)16-15-30(27,3)4)18-26(20)21(2)23-9-11-24(12-10-23)29(34)33-37-19-22-7-13-25(14-8-22)32(35)36/h7-14,17-18,35-36H,2,15-16,19H2,1,3-6H3,(H,33,34). The van der Waals surface area contributed by atoms with Gasteiger partial charge in [0.2, 0.25) is 0 Å². The van der Waals surface area contributed by atoms with Crippen molar-refractivity contribution in [1.82, 2.24) is 5.48 Å². The predicted molar refractivity (Wildman–Crippen MR) is 150 cm³/mol. The van der Waals surface area contributed by atoms with Gasteiger partial charge in [0, 0.05) is 5.56 Å². The lowest BCUT2D eigenvalue weighted by molar-refractivity contribution is 0.0233. The zero-order chi connectivity index (χ0) is 27.0. The van der Waals surface area contributed by atoms with Gasteiger partial charge in [-0.1, -0.05) is 82.8 Å². The fourth-order valence-corrected chi connectivity index (χ4v) is 5.06. The van der Waals surface area contributed by atoms with E-state index in [2.05, 4.69) is 58.8 Å². The Labute approximate surface area is 220 Å². The summed E-state index contributed by atoms with van der Waals surface area (Å²) in [6.07, 6.45) is 2.34. The maximum atomic E-state index is 12.6. The van der Waals surface area contributed by atoms with Crippen molar-refractivity contribution in [3.8, 4) is 0 Å². The SMILES string of the molecule is C=C(c1ccc(C(=O)NOCc2ccc(B(O)O)cc2)cc1)c1cc2c(cc1C)C(C)(C)CCC2(C)C. The molecule has 0 heterocycles. The number of benzene rings is 3. The van der Waals surface area contributed by atoms with Crippen LogP contribution in [0.2, 0.25) is 0 Å². The van der Waals surface area contributed by atoms with Crippen molar-refractivity contribution in [1.29, 1.82) is 0 Å². The lowest BCUT2D eigenvalue weighted by atomic mass is 9.62. The van der Waals surface area contributed by atoms with Gasteiger partial charge in [0.1, 0.15) is 0 Å². The van der Waals surface area contributed by atoms with Crippen molar-refractivity contribution in [2.45, 2.75) is 64.9 Å². The number of rotatable bonds is 7. The second-order valence-corrected chi connectivity index (χ2v) is 11.4. The molecule has 37 heavy (non-hydrogen) atoms. The lowest BCUT2D eigenvalue weighted by Gasteiger charge is -2.42. The molecule has 0 spiro atoms. The summed E-state index contributed by atoms with van der Waals surface area (Å²) in [4.78, 5) is 17.9. The Balaban J connectivity index is 1.44. The monoisotopic (exact) mass is 497 g/mol. The van der Waals surface area contributed by atoms with Gasteiger partial charge in [-0.3, -0.25) is 9.63 Å². The van der Waals surface area contributed by atoms with E-state index in [1.807, 2.05) is 12.1 Å². The summed E-state index contributed by atoms with van der Waals surface area (Å²) in [6, 6.07) is 18.7. The molecule has 0 aromatic heterocycles. The Bertz CT molecular complexity index is 1310. The minimum Gasteiger partial charge on any atom is -0.423 e. The van der Waals surface area contributed by atoms with E-state index < -0.39 is 7.12 Å². The summed E-state index contributed by atoms with van der Waals surface area (Å²) >= 11 is 0. The number of nitrogens with one attached hydrogen (secondary N) is 1. The molecule has 0 aliphatic heterocycles. The average Bonchev–Trinajstić information content (AvgIpc) is 2.86. The zero-order valence-electron chi connectivity index (χ0n) is 22.4. The molecular weight excluding hydrogens is 461 g/mol. The van der Waals surface area contributed by atoms with E-state index in [9.17, 15) is 4.79 Å². The van der Waals surface area contributed by atoms with Gasteiger partial charge >= 0.3 is 7.12 Å². The van der Waals surface area contributed by atoms with Crippen LogP contribution in [0.1, 0.15) is 84.3 Å². The fraction of sp³-hybridized carbons (Fsp3) is 0.323. The second-order valence-electron chi connectivity index (χ2n) is 11.4. The first-order valence-electron chi connectivity index (χ1n) is 12.7. The zero-order valence-corrected chi connectivity index (χ0v) is 22.4. The average molecular weight is 497 g/mol. The molecule has 1 amide bonds. The highest BCUT2D eigenvalue weighted by Crippen LogP contribution is 2.47. The fourth-order valence-electron chi connectivity index (χ4n) is 5.06. The Morgan fingerprint density at radius 2 is 1.46 bits per heavy atom. The Hall–Kier alpha value is -3.19. The molecule has 0 saturated heterocycles. The highest BCUT2D eigenvalue weighted by Gasteiger charge is 2.37. The molecule has 5 nitrogen and oxygen atoms in total. The number of fused-ring (bicyclic) bond motifs is 1. The van der Waals surface area contributed by atoms with Crippen LogP contribution in [0, 0.1) is 6.92 Å². The van der Waals surface area contributed by atoms with Crippen LogP contribution in [-0.2, 0) is 22.3 Å². The van der Waals surface area contributed by atoms with Gasteiger partial charge in [-0.15, -0.1) is 0 Å². The maximum Gasteiger partial charge on any atom is 0.488 e. The molecule has 6 heteroatoms. The number of amides is 1. The minimum absolute atomic E-state index is 0.123. The van der Waals surface area contributed by atoms with Crippen LogP contribution in [0.15, 0.2) is 67.2 Å². The summed E-state index contributed by atoms with van der Waals surface area (Å²) in [5, 5.41) is 18.3. The highest BCUT2D eigenvalue weighted by molar-refractivity contribution is 6.58. The lowest BCUT2D eigenvalue weighted by Crippen LogP contribution is -2.34. The third-order valence-electron chi connectivity index (χ3n) is 7.70. The number of hydroxylamine groups is 1. The Morgan fingerprint density at radius 3 is 2.03 bits per heavy atom. The molecular formula is C31H36BNO4. The van der Waals surface area contributed by atoms with Crippen molar-refractivity contribution >= 4 is 24.1 Å². The van der Waals surface area contributed by atoms with Crippen LogP contribution in [0.3, 0.4) is 0 Å². The quantitative estimate of drug-likeness (QED) is 0.319. The second kappa shape index (κ2) is 10.3. The number of carbonyl (C=O) groups is 1. The third kappa shape index (κ3) is 5.72. The van der Waals surface area contributed by atoms with Gasteiger partial charge in [-0.2, -0.15) is 0 Å². The molecule has 0 fully saturated rings. The van der Waals surface area contributed by atoms with Gasteiger partial charge in [-0.25, -0.2) is 5.48 Å². The Morgan fingerprint density at radius 1 is 0.919 bits per heavy atom. The van der Waals surface area contributed by atoms with Gasteiger partial charge in [0.05, 0.1) is 6.61 Å². The molecule has 0 unspecified atom stereocenters. The topological polar surface area (TPSA) is 78.8 Å². The summed E-state index contributed by atoms with van der Waals surface area (Å²) in [7, 11) is -1.51. The van der Waals surface area contributed by atoms with Crippen LogP contribution in [0.4, 0.5) is 0 Å². The first-order valence-corrected chi connectivity index (χ1v) is 12.7. The summed E-state index contributed by atoms with van der Waals surface area (Å²) in [5.74, 6) is -0.339. The highest BCUT2D eigenvalue weighted by atomic mass is 16.6. The number of hydrogen-bond acceptors (Lipinski definition) is 4. The summed E-state index contributed by atoms with van der Waals surface area (Å²) in [6.45, 7) is 16.0. The van der Waals surface area contributed by atoms with Gasteiger partial charge in [0.25, 0.3) is 5.91 Å². The van der Waals surface area contributed by atoms with Crippen LogP contribution < -0.4 is 10.9 Å². The van der Waals surface area contributed by atoms with E-state index in [1.54, 1.807) is 36.4 Å². The third-order valence-corrected chi connectivity index (χ3v) is 7.70. The van der Waals surface area contributed by atoms with Crippen molar-refractivity contribution in [2.75, 3.05) is 0 Å². The van der Waals surface area contributed by atoms with Crippen LogP contribution in [-0.4, -0.2) is 23.1 Å². The molecule has 192 valence electrons. The molecule has 1 aliphatic carbocycles. The van der Waals surface area contributed by atoms with E-state index in [1.165, 1.54) is 23.1 Å². The van der Waals surface area contributed by atoms with E-state index >= 15 is 0 Å². The molecule has 0 bridgehead atoms. The van der Waals surface area contributed by atoms with Crippen LogP contribution >= 0.6 is 0 Å². The molecule has 0 saturated carbocycles. The molecule has 4 rings (SSSR count). The van der Waals surface area contributed by atoms with Gasteiger partial charge in [0.15, 0.2) is 0 Å². The molecule has 3 aromatic rings. The number of aryl methyl sites for hydroxylation is 1.